The lowest BCUT2D eigenvalue weighted by molar-refractivity contribution is -0.128. The monoisotopic (exact) mass is 335 g/mol. The van der Waals surface area contributed by atoms with Crippen molar-refractivity contribution in [3.05, 3.63) is 11.8 Å². The fourth-order valence-corrected chi connectivity index (χ4v) is 3.48. The van der Waals surface area contributed by atoms with E-state index < -0.39 is 0 Å². The molecule has 2 aliphatic heterocycles. The summed E-state index contributed by atoms with van der Waals surface area (Å²) < 4.78 is 0. The zero-order chi connectivity index (χ0) is 17.4. The number of carbonyl (C=O) groups is 1. The van der Waals surface area contributed by atoms with Crippen molar-refractivity contribution in [3.63, 3.8) is 0 Å². The van der Waals surface area contributed by atoms with Crippen molar-refractivity contribution < 1.29 is 9.90 Å². The molecule has 0 saturated carbocycles. The van der Waals surface area contributed by atoms with Crippen molar-refractivity contribution in [3.8, 4) is 6.07 Å². The molecule has 0 aromatic rings. The van der Waals surface area contributed by atoms with E-state index in [1.165, 1.54) is 0 Å². The Morgan fingerprint density at radius 1 is 1.25 bits per heavy atom. The number of nitrogens with zero attached hydrogens (tertiary/aromatic N) is 4. The van der Waals surface area contributed by atoms with E-state index >= 15 is 0 Å². The van der Waals surface area contributed by atoms with Gasteiger partial charge in [0.15, 0.2) is 0 Å². The minimum Gasteiger partial charge on any atom is -0.396 e. The third-order valence-corrected chi connectivity index (χ3v) is 4.89. The number of carbonyl (C=O) groups excluding carboxylic acids is 1. The smallest absolute Gasteiger partial charge is 0.266 e. The molecule has 1 amide bonds. The lowest BCUT2D eigenvalue weighted by Crippen LogP contribution is -2.50. The highest BCUT2D eigenvalue weighted by Gasteiger charge is 2.26. The number of amides is 1. The van der Waals surface area contributed by atoms with Gasteiger partial charge < -0.3 is 20.6 Å². The fourth-order valence-electron chi connectivity index (χ4n) is 3.48. The Bertz CT molecular complexity index is 478. The van der Waals surface area contributed by atoms with Gasteiger partial charge in [0, 0.05) is 64.7 Å². The van der Waals surface area contributed by atoms with Crippen LogP contribution in [0.25, 0.3) is 0 Å². The first-order valence-electron chi connectivity index (χ1n) is 8.89. The van der Waals surface area contributed by atoms with E-state index in [9.17, 15) is 15.2 Å². The Kier molecular flexibility index (Phi) is 7.50. The van der Waals surface area contributed by atoms with Crippen molar-refractivity contribution in [1.29, 1.82) is 5.26 Å². The molecule has 134 valence electrons. The van der Waals surface area contributed by atoms with Crippen LogP contribution in [0.15, 0.2) is 11.8 Å². The van der Waals surface area contributed by atoms with Crippen LogP contribution in [-0.2, 0) is 4.79 Å². The maximum absolute atomic E-state index is 12.6. The molecule has 0 aromatic heterocycles. The largest absolute Gasteiger partial charge is 0.396 e. The van der Waals surface area contributed by atoms with Gasteiger partial charge in [-0.05, 0) is 25.7 Å². The van der Waals surface area contributed by atoms with Crippen LogP contribution in [0.2, 0.25) is 0 Å². The summed E-state index contributed by atoms with van der Waals surface area (Å²) in [6, 6.07) is 2.30. The molecule has 7 nitrogen and oxygen atoms in total. The highest BCUT2D eigenvalue weighted by molar-refractivity contribution is 5.97. The average Bonchev–Trinajstić information content (AvgIpc) is 2.61. The Morgan fingerprint density at radius 3 is 2.62 bits per heavy atom. The molecule has 2 aliphatic rings. The van der Waals surface area contributed by atoms with Gasteiger partial charge >= 0.3 is 0 Å². The van der Waals surface area contributed by atoms with E-state index in [0.717, 1.165) is 45.4 Å². The second-order valence-corrected chi connectivity index (χ2v) is 6.48. The van der Waals surface area contributed by atoms with Gasteiger partial charge in [-0.2, -0.15) is 5.26 Å². The highest BCUT2D eigenvalue weighted by atomic mass is 16.3. The second-order valence-electron chi connectivity index (χ2n) is 6.48. The molecule has 2 fully saturated rings. The van der Waals surface area contributed by atoms with Gasteiger partial charge in [0.1, 0.15) is 11.6 Å². The van der Waals surface area contributed by atoms with Gasteiger partial charge in [-0.3, -0.25) is 9.69 Å². The summed E-state index contributed by atoms with van der Waals surface area (Å²) in [4.78, 5) is 18.7. The number of aliphatic hydroxyl groups excluding tert-OH is 1. The Morgan fingerprint density at radius 2 is 2.00 bits per heavy atom. The number of hydrogen-bond donors (Lipinski definition) is 2. The molecule has 2 saturated heterocycles. The Labute approximate surface area is 144 Å². The molecule has 1 unspecified atom stereocenters. The standard InChI is InChI=1S/C17H29N5O2/c18-5-7-20-8-10-21(11-9-20)17(24)15(13-19)14-22-6-2-1-3-16(22)4-12-23/h14,16,23H,1-12,18H2/b15-14-. The van der Waals surface area contributed by atoms with Gasteiger partial charge in [-0.25, -0.2) is 0 Å². The maximum Gasteiger partial charge on any atom is 0.266 e. The van der Waals surface area contributed by atoms with Gasteiger partial charge in [0.05, 0.1) is 0 Å². The van der Waals surface area contributed by atoms with Crippen LogP contribution in [-0.4, -0.2) is 84.2 Å². The maximum atomic E-state index is 12.6. The predicted octanol–water partition coefficient (Wildman–Crippen LogP) is -0.266. The van der Waals surface area contributed by atoms with E-state index in [2.05, 4.69) is 15.9 Å². The number of likely N-dealkylation sites (tertiary alicyclic amines) is 1. The summed E-state index contributed by atoms with van der Waals surface area (Å²) in [6.45, 7) is 5.33. The summed E-state index contributed by atoms with van der Waals surface area (Å²) >= 11 is 0. The summed E-state index contributed by atoms with van der Waals surface area (Å²) in [7, 11) is 0. The second kappa shape index (κ2) is 9.62. The molecule has 7 heteroatoms. The summed E-state index contributed by atoms with van der Waals surface area (Å²) in [5.41, 5.74) is 5.77. The summed E-state index contributed by atoms with van der Waals surface area (Å²) in [5, 5.41) is 18.6. The fraction of sp³-hybridized carbons (Fsp3) is 0.765. The molecular formula is C17H29N5O2. The molecule has 0 aliphatic carbocycles. The molecule has 2 heterocycles. The molecule has 3 N–H and O–H groups in total. The van der Waals surface area contributed by atoms with Gasteiger partial charge in [-0.15, -0.1) is 0 Å². The van der Waals surface area contributed by atoms with Crippen LogP contribution < -0.4 is 5.73 Å². The van der Waals surface area contributed by atoms with Gasteiger partial charge in [0.2, 0.25) is 0 Å². The van der Waals surface area contributed by atoms with Crippen LogP contribution in [0.4, 0.5) is 0 Å². The highest BCUT2D eigenvalue weighted by Crippen LogP contribution is 2.21. The van der Waals surface area contributed by atoms with Crippen molar-refractivity contribution >= 4 is 5.91 Å². The first-order valence-corrected chi connectivity index (χ1v) is 8.89. The predicted molar refractivity (Wildman–Crippen MR) is 91.8 cm³/mol. The zero-order valence-corrected chi connectivity index (χ0v) is 14.4. The quantitative estimate of drug-likeness (QED) is 0.512. The van der Waals surface area contributed by atoms with Gasteiger partial charge in [0.25, 0.3) is 5.91 Å². The first-order chi connectivity index (χ1) is 11.7. The Balaban J connectivity index is 1.99. The summed E-state index contributed by atoms with van der Waals surface area (Å²) in [6.07, 6.45) is 5.59. The van der Waals surface area contributed by atoms with Crippen molar-refractivity contribution in [2.75, 3.05) is 52.4 Å². The SMILES string of the molecule is N#C/C(=C/N1CCCCC1CCO)C(=O)N1CCN(CCN)CC1. The van der Waals surface area contributed by atoms with Crippen LogP contribution in [0, 0.1) is 11.3 Å². The van der Waals surface area contributed by atoms with Crippen LogP contribution in [0.5, 0.6) is 0 Å². The normalized spacial score (nSPS) is 23.2. The molecule has 0 aromatic carbocycles. The molecule has 0 spiro atoms. The van der Waals surface area contributed by atoms with Crippen LogP contribution in [0.3, 0.4) is 0 Å². The van der Waals surface area contributed by atoms with Crippen molar-refractivity contribution in [1.82, 2.24) is 14.7 Å². The minimum absolute atomic E-state index is 0.133. The number of aliphatic hydroxyl groups is 1. The Hall–Kier alpha value is -1.62. The van der Waals surface area contributed by atoms with E-state index in [1.807, 2.05) is 0 Å². The third kappa shape index (κ3) is 4.94. The van der Waals surface area contributed by atoms with E-state index in [1.54, 1.807) is 11.1 Å². The number of piperidine rings is 1. The third-order valence-electron chi connectivity index (χ3n) is 4.89. The molecule has 1 atom stereocenters. The van der Waals surface area contributed by atoms with Crippen molar-refractivity contribution in [2.45, 2.75) is 31.7 Å². The molecular weight excluding hydrogens is 306 g/mol. The number of hydrogen-bond acceptors (Lipinski definition) is 6. The lowest BCUT2D eigenvalue weighted by atomic mass is 10.00. The number of nitriles is 1. The van der Waals surface area contributed by atoms with Crippen molar-refractivity contribution in [2.24, 2.45) is 5.73 Å². The van der Waals surface area contributed by atoms with E-state index in [0.29, 0.717) is 26.1 Å². The zero-order valence-electron chi connectivity index (χ0n) is 14.4. The lowest BCUT2D eigenvalue weighted by Gasteiger charge is -2.36. The molecule has 0 radical (unpaired) electrons. The van der Waals surface area contributed by atoms with E-state index in [-0.39, 0.29) is 24.1 Å². The first kappa shape index (κ1) is 18.7. The topological polar surface area (TPSA) is 96.8 Å². The molecule has 2 rings (SSSR count). The molecule has 24 heavy (non-hydrogen) atoms. The number of rotatable bonds is 6. The minimum atomic E-state index is -0.182. The molecule has 0 bridgehead atoms. The average molecular weight is 335 g/mol. The van der Waals surface area contributed by atoms with Crippen LogP contribution >= 0.6 is 0 Å². The van der Waals surface area contributed by atoms with Crippen LogP contribution in [0.1, 0.15) is 25.7 Å². The van der Waals surface area contributed by atoms with Gasteiger partial charge in [-0.1, -0.05) is 0 Å². The number of piperazine rings is 1. The summed E-state index contributed by atoms with van der Waals surface area (Å²) in [5.74, 6) is -0.182. The van der Waals surface area contributed by atoms with E-state index in [4.69, 9.17) is 5.73 Å². The number of nitrogens with two attached hydrogens (primary N) is 1.